The largest absolute Gasteiger partial charge is 0.489 e. The van der Waals surface area contributed by atoms with E-state index in [1.165, 1.54) is 12.1 Å². The van der Waals surface area contributed by atoms with Gasteiger partial charge in [0.05, 0.1) is 11.8 Å². The van der Waals surface area contributed by atoms with Crippen LogP contribution in [-0.2, 0) is 0 Å². The van der Waals surface area contributed by atoms with Crippen LogP contribution >= 0.6 is 0 Å². The summed E-state index contributed by atoms with van der Waals surface area (Å²) in [6.45, 7) is 3.97. The van der Waals surface area contributed by atoms with Crippen LogP contribution in [0.15, 0.2) is 18.2 Å². The lowest BCUT2D eigenvalue weighted by molar-refractivity contribution is 0.218. The molecule has 1 unspecified atom stereocenters. The van der Waals surface area contributed by atoms with Gasteiger partial charge in [-0.15, -0.1) is 0 Å². The third-order valence-corrected chi connectivity index (χ3v) is 1.87. The molecule has 1 atom stereocenters. The minimum Gasteiger partial charge on any atom is -0.489 e. The van der Waals surface area contributed by atoms with Crippen molar-refractivity contribution < 1.29 is 9.13 Å². The fourth-order valence-corrected chi connectivity index (χ4v) is 0.927. The monoisotopic (exact) mass is 183 g/mol. The molecule has 1 rings (SSSR count). The smallest absolute Gasteiger partial charge is 0.142 e. The Kier molecular flexibility index (Phi) is 3.12. The van der Waals surface area contributed by atoms with Crippen LogP contribution in [0.25, 0.3) is 0 Å². The van der Waals surface area contributed by atoms with Crippen LogP contribution in [-0.4, -0.2) is 6.10 Å². The van der Waals surface area contributed by atoms with Gasteiger partial charge in [0, 0.05) is 6.07 Å². The van der Waals surface area contributed by atoms with E-state index in [9.17, 15) is 4.39 Å². The molecule has 0 aromatic heterocycles. The summed E-state index contributed by atoms with van der Waals surface area (Å²) in [5.41, 5.74) is 5.91. The molecule has 0 aliphatic rings. The van der Waals surface area contributed by atoms with Crippen molar-refractivity contribution in [3.05, 3.63) is 24.0 Å². The fourth-order valence-electron chi connectivity index (χ4n) is 0.927. The van der Waals surface area contributed by atoms with Gasteiger partial charge >= 0.3 is 0 Å². The predicted molar refractivity (Wildman–Crippen MR) is 51.2 cm³/mol. The Morgan fingerprint density at radius 3 is 2.77 bits per heavy atom. The molecule has 1 aromatic carbocycles. The Balaban J connectivity index is 2.77. The van der Waals surface area contributed by atoms with Crippen LogP contribution < -0.4 is 10.5 Å². The van der Waals surface area contributed by atoms with E-state index in [-0.39, 0.29) is 11.9 Å². The Morgan fingerprint density at radius 2 is 2.23 bits per heavy atom. The number of rotatable bonds is 3. The third kappa shape index (κ3) is 2.61. The van der Waals surface area contributed by atoms with E-state index < -0.39 is 0 Å². The molecule has 0 saturated carbocycles. The van der Waals surface area contributed by atoms with Crippen LogP contribution in [0, 0.1) is 5.82 Å². The first-order chi connectivity index (χ1) is 6.13. The van der Waals surface area contributed by atoms with Gasteiger partial charge in [0.2, 0.25) is 0 Å². The number of hydrogen-bond donors (Lipinski definition) is 1. The molecule has 1 aromatic rings. The number of nitrogen functional groups attached to an aromatic ring is 1. The van der Waals surface area contributed by atoms with Crippen LogP contribution in [0.4, 0.5) is 10.1 Å². The molecule has 0 aliphatic carbocycles. The summed E-state index contributed by atoms with van der Waals surface area (Å²) in [4.78, 5) is 0. The first kappa shape index (κ1) is 9.84. The standard InChI is InChI=1S/C10H14FNO/c1-3-7(2)13-10-5-4-8(11)6-9(10)12/h4-7H,3,12H2,1-2H3. The van der Waals surface area contributed by atoms with Gasteiger partial charge in [0.25, 0.3) is 0 Å². The quantitative estimate of drug-likeness (QED) is 0.731. The van der Waals surface area contributed by atoms with Gasteiger partial charge in [0.15, 0.2) is 0 Å². The third-order valence-electron chi connectivity index (χ3n) is 1.87. The Bertz CT molecular complexity index is 288. The highest BCUT2D eigenvalue weighted by molar-refractivity contribution is 5.52. The number of halogens is 1. The normalized spacial score (nSPS) is 12.5. The Morgan fingerprint density at radius 1 is 1.54 bits per heavy atom. The van der Waals surface area contributed by atoms with E-state index in [0.717, 1.165) is 6.42 Å². The summed E-state index contributed by atoms with van der Waals surface area (Å²) in [5.74, 6) is 0.213. The van der Waals surface area contributed by atoms with E-state index in [2.05, 4.69) is 0 Å². The zero-order chi connectivity index (χ0) is 9.84. The molecule has 13 heavy (non-hydrogen) atoms. The molecule has 0 radical (unpaired) electrons. The average molecular weight is 183 g/mol. The van der Waals surface area contributed by atoms with Gasteiger partial charge in [-0.25, -0.2) is 4.39 Å². The number of hydrogen-bond acceptors (Lipinski definition) is 2. The highest BCUT2D eigenvalue weighted by Crippen LogP contribution is 2.23. The second-order valence-electron chi connectivity index (χ2n) is 3.02. The van der Waals surface area contributed by atoms with E-state index >= 15 is 0 Å². The van der Waals surface area contributed by atoms with E-state index in [0.29, 0.717) is 11.4 Å². The molecule has 0 amide bonds. The topological polar surface area (TPSA) is 35.2 Å². The lowest BCUT2D eigenvalue weighted by atomic mass is 10.2. The highest BCUT2D eigenvalue weighted by atomic mass is 19.1. The number of anilines is 1. The van der Waals surface area contributed by atoms with Crippen molar-refractivity contribution in [1.29, 1.82) is 0 Å². The zero-order valence-electron chi connectivity index (χ0n) is 7.88. The number of benzene rings is 1. The predicted octanol–water partition coefficient (Wildman–Crippen LogP) is 2.59. The molecule has 3 heteroatoms. The van der Waals surface area contributed by atoms with Crippen LogP contribution in [0.5, 0.6) is 5.75 Å². The summed E-state index contributed by atoms with van der Waals surface area (Å²) in [6, 6.07) is 4.16. The average Bonchev–Trinajstić information content (AvgIpc) is 2.09. The second kappa shape index (κ2) is 4.12. The molecule has 0 saturated heterocycles. The molecule has 2 nitrogen and oxygen atoms in total. The van der Waals surface area contributed by atoms with Gasteiger partial charge in [-0.2, -0.15) is 0 Å². The van der Waals surface area contributed by atoms with Crippen LogP contribution in [0.3, 0.4) is 0 Å². The summed E-state index contributed by atoms with van der Waals surface area (Å²) in [5, 5.41) is 0. The lowest BCUT2D eigenvalue weighted by Crippen LogP contribution is -2.11. The molecular weight excluding hydrogens is 169 g/mol. The van der Waals surface area contributed by atoms with Crippen molar-refractivity contribution >= 4 is 5.69 Å². The molecule has 0 bridgehead atoms. The van der Waals surface area contributed by atoms with Gasteiger partial charge in [-0.3, -0.25) is 0 Å². The van der Waals surface area contributed by atoms with Crippen molar-refractivity contribution in [3.8, 4) is 5.75 Å². The first-order valence-corrected chi connectivity index (χ1v) is 4.35. The summed E-state index contributed by atoms with van der Waals surface area (Å²) in [7, 11) is 0. The molecule has 72 valence electrons. The van der Waals surface area contributed by atoms with E-state index in [4.69, 9.17) is 10.5 Å². The van der Waals surface area contributed by atoms with Gasteiger partial charge < -0.3 is 10.5 Å². The molecule has 0 heterocycles. The molecule has 0 spiro atoms. The molecular formula is C10H14FNO. The van der Waals surface area contributed by atoms with Crippen LogP contribution in [0.1, 0.15) is 20.3 Å². The molecule has 2 N–H and O–H groups in total. The van der Waals surface area contributed by atoms with Crippen LogP contribution in [0.2, 0.25) is 0 Å². The maximum Gasteiger partial charge on any atom is 0.142 e. The maximum atomic E-state index is 12.6. The maximum absolute atomic E-state index is 12.6. The van der Waals surface area contributed by atoms with Gasteiger partial charge in [-0.05, 0) is 25.5 Å². The van der Waals surface area contributed by atoms with E-state index in [1.54, 1.807) is 6.07 Å². The number of nitrogens with two attached hydrogens (primary N) is 1. The van der Waals surface area contributed by atoms with Crippen molar-refractivity contribution in [1.82, 2.24) is 0 Å². The molecule has 0 aliphatic heterocycles. The van der Waals surface area contributed by atoms with Gasteiger partial charge in [-0.1, -0.05) is 6.92 Å². The van der Waals surface area contributed by atoms with Crippen molar-refractivity contribution in [3.63, 3.8) is 0 Å². The zero-order valence-corrected chi connectivity index (χ0v) is 7.88. The lowest BCUT2D eigenvalue weighted by Gasteiger charge is -2.13. The number of ether oxygens (including phenoxy) is 1. The summed E-state index contributed by atoms with van der Waals surface area (Å²) >= 11 is 0. The fraction of sp³-hybridized carbons (Fsp3) is 0.400. The van der Waals surface area contributed by atoms with Crippen molar-refractivity contribution in [2.45, 2.75) is 26.4 Å². The van der Waals surface area contributed by atoms with Crippen molar-refractivity contribution in [2.75, 3.05) is 5.73 Å². The van der Waals surface area contributed by atoms with Gasteiger partial charge in [0.1, 0.15) is 11.6 Å². The second-order valence-corrected chi connectivity index (χ2v) is 3.02. The SMILES string of the molecule is CCC(C)Oc1ccc(F)cc1N. The summed E-state index contributed by atoms with van der Waals surface area (Å²) < 4.78 is 18.1. The summed E-state index contributed by atoms with van der Waals surface area (Å²) in [6.07, 6.45) is 1.00. The minimum absolute atomic E-state index is 0.104. The van der Waals surface area contributed by atoms with E-state index in [1.807, 2.05) is 13.8 Å². The highest BCUT2D eigenvalue weighted by Gasteiger charge is 2.05. The van der Waals surface area contributed by atoms with Crippen molar-refractivity contribution in [2.24, 2.45) is 0 Å². The molecule has 0 fully saturated rings. The Hall–Kier alpha value is -1.25. The first-order valence-electron chi connectivity index (χ1n) is 4.35. The minimum atomic E-state index is -0.339. The Labute approximate surface area is 77.5 Å².